The molecule has 0 aliphatic carbocycles. The molecule has 1 aliphatic heterocycles. The number of imide groups is 1. The van der Waals surface area contributed by atoms with Gasteiger partial charge in [0.1, 0.15) is 6.04 Å². The Morgan fingerprint density at radius 1 is 0.903 bits per heavy atom. The first-order valence-corrected chi connectivity index (χ1v) is 10.6. The first-order valence-electron chi connectivity index (χ1n) is 9.77. The molecular formula is C24H20BrN3O3. The summed E-state index contributed by atoms with van der Waals surface area (Å²) in [4.78, 5) is 40.6. The van der Waals surface area contributed by atoms with Crippen LogP contribution in [0.5, 0.6) is 0 Å². The molecule has 3 aromatic carbocycles. The second kappa shape index (κ2) is 8.35. The topological polar surface area (TPSA) is 78.5 Å². The molecule has 4 amide bonds. The van der Waals surface area contributed by atoms with Gasteiger partial charge in [-0.3, -0.25) is 9.59 Å². The summed E-state index contributed by atoms with van der Waals surface area (Å²) in [7, 11) is 0. The highest BCUT2D eigenvalue weighted by atomic mass is 79.9. The van der Waals surface area contributed by atoms with E-state index in [9.17, 15) is 14.4 Å². The Kier molecular flexibility index (Phi) is 5.61. The van der Waals surface area contributed by atoms with E-state index in [4.69, 9.17) is 0 Å². The highest BCUT2D eigenvalue weighted by Gasteiger charge is 2.55. The second-order valence-electron chi connectivity index (χ2n) is 7.26. The minimum Gasteiger partial charge on any atom is -0.324 e. The number of carbonyl (C=O) groups excluding carboxylic acids is 3. The zero-order chi connectivity index (χ0) is 22.0. The fraction of sp³-hybridized carbons (Fsp3) is 0.125. The van der Waals surface area contributed by atoms with Gasteiger partial charge < -0.3 is 10.6 Å². The van der Waals surface area contributed by atoms with Crippen LogP contribution in [-0.2, 0) is 15.1 Å². The van der Waals surface area contributed by atoms with E-state index >= 15 is 0 Å². The molecule has 0 aromatic heterocycles. The summed E-state index contributed by atoms with van der Waals surface area (Å²) < 4.78 is 0.878. The molecule has 0 bridgehead atoms. The third-order valence-electron chi connectivity index (χ3n) is 5.34. The average Bonchev–Trinajstić information content (AvgIpc) is 3.07. The molecule has 1 unspecified atom stereocenters. The third-order valence-corrected chi connectivity index (χ3v) is 5.87. The van der Waals surface area contributed by atoms with Crippen LogP contribution in [0.3, 0.4) is 0 Å². The van der Waals surface area contributed by atoms with Crippen molar-refractivity contribution in [1.29, 1.82) is 0 Å². The number of halogens is 1. The van der Waals surface area contributed by atoms with Crippen LogP contribution in [0.15, 0.2) is 89.4 Å². The second-order valence-corrected chi connectivity index (χ2v) is 8.18. The summed E-state index contributed by atoms with van der Waals surface area (Å²) in [6, 6.07) is 23.5. The van der Waals surface area contributed by atoms with Crippen LogP contribution in [0.1, 0.15) is 18.1 Å². The Morgan fingerprint density at radius 2 is 1.42 bits per heavy atom. The minimum atomic E-state index is -1.40. The Hall–Kier alpha value is -3.45. The van der Waals surface area contributed by atoms with Gasteiger partial charge in [-0.05, 0) is 42.3 Å². The first kappa shape index (κ1) is 20.8. The molecule has 31 heavy (non-hydrogen) atoms. The monoisotopic (exact) mass is 477 g/mol. The molecule has 0 saturated carbocycles. The zero-order valence-corrected chi connectivity index (χ0v) is 18.3. The molecule has 1 atom stereocenters. The van der Waals surface area contributed by atoms with Crippen LogP contribution in [-0.4, -0.2) is 28.8 Å². The summed E-state index contributed by atoms with van der Waals surface area (Å²) in [5.41, 5.74) is 0.431. The molecule has 4 rings (SSSR count). The van der Waals surface area contributed by atoms with Gasteiger partial charge in [-0.15, -0.1) is 0 Å². The zero-order valence-electron chi connectivity index (χ0n) is 16.7. The van der Waals surface area contributed by atoms with Gasteiger partial charge in [-0.1, -0.05) is 76.6 Å². The average molecular weight is 478 g/mol. The lowest BCUT2D eigenvalue weighted by Crippen LogP contribution is -2.48. The molecule has 7 heteroatoms. The van der Waals surface area contributed by atoms with E-state index in [1.807, 2.05) is 36.4 Å². The van der Waals surface area contributed by atoms with Crippen molar-refractivity contribution in [3.63, 3.8) is 0 Å². The number of hydrogen-bond donors (Lipinski definition) is 2. The summed E-state index contributed by atoms with van der Waals surface area (Å²) in [5, 5.41) is 5.62. The van der Waals surface area contributed by atoms with Crippen LogP contribution >= 0.6 is 15.9 Å². The van der Waals surface area contributed by atoms with E-state index < -0.39 is 29.4 Å². The van der Waals surface area contributed by atoms with Crippen molar-refractivity contribution in [2.75, 3.05) is 5.32 Å². The van der Waals surface area contributed by atoms with E-state index in [1.54, 1.807) is 48.5 Å². The molecule has 1 heterocycles. The van der Waals surface area contributed by atoms with Crippen LogP contribution < -0.4 is 10.6 Å². The number of rotatable bonds is 5. The van der Waals surface area contributed by atoms with Gasteiger partial charge >= 0.3 is 6.03 Å². The van der Waals surface area contributed by atoms with Gasteiger partial charge in [-0.2, -0.15) is 0 Å². The Morgan fingerprint density at radius 3 is 1.94 bits per heavy atom. The molecule has 1 saturated heterocycles. The summed E-state index contributed by atoms with van der Waals surface area (Å²) in [5.74, 6) is -0.948. The number of anilines is 1. The normalized spacial score (nSPS) is 16.0. The van der Waals surface area contributed by atoms with Crippen molar-refractivity contribution in [3.05, 3.63) is 101 Å². The standard InChI is InChI=1S/C24H20BrN3O3/c1-16(21(29)26-20-14-12-19(25)13-15-20)28-22(30)24(27-23(28)31,17-8-4-2-5-9-17)18-10-6-3-7-11-18/h2-16H,1H3,(H,26,29)(H,27,31). The van der Waals surface area contributed by atoms with E-state index in [0.717, 1.165) is 9.37 Å². The van der Waals surface area contributed by atoms with Gasteiger partial charge in [0.25, 0.3) is 5.91 Å². The van der Waals surface area contributed by atoms with Gasteiger partial charge in [0.05, 0.1) is 0 Å². The maximum Gasteiger partial charge on any atom is 0.326 e. The molecule has 156 valence electrons. The minimum absolute atomic E-state index is 0.456. The van der Waals surface area contributed by atoms with E-state index in [1.165, 1.54) is 6.92 Å². The lowest BCUT2D eigenvalue weighted by Gasteiger charge is -2.29. The Balaban J connectivity index is 1.69. The SMILES string of the molecule is CC(C(=O)Nc1ccc(Br)cc1)N1C(=O)NC(c2ccccc2)(c2ccccc2)C1=O. The number of amides is 4. The smallest absolute Gasteiger partial charge is 0.324 e. The first-order chi connectivity index (χ1) is 14.9. The van der Waals surface area contributed by atoms with E-state index in [-0.39, 0.29) is 0 Å². The molecular weight excluding hydrogens is 458 g/mol. The fourth-order valence-corrected chi connectivity index (χ4v) is 3.99. The predicted octanol–water partition coefficient (Wildman–Crippen LogP) is 4.27. The van der Waals surface area contributed by atoms with Gasteiger partial charge in [-0.25, -0.2) is 9.69 Å². The highest BCUT2D eigenvalue weighted by molar-refractivity contribution is 9.10. The maximum atomic E-state index is 13.7. The van der Waals surface area contributed by atoms with Crippen LogP contribution in [0, 0.1) is 0 Å². The van der Waals surface area contributed by atoms with E-state index in [2.05, 4.69) is 26.6 Å². The maximum absolute atomic E-state index is 13.7. The summed E-state index contributed by atoms with van der Waals surface area (Å²) >= 11 is 3.35. The van der Waals surface area contributed by atoms with Crippen molar-refractivity contribution >= 4 is 39.5 Å². The van der Waals surface area contributed by atoms with E-state index in [0.29, 0.717) is 16.8 Å². The quantitative estimate of drug-likeness (QED) is 0.538. The van der Waals surface area contributed by atoms with Crippen LogP contribution in [0.2, 0.25) is 0 Å². The number of hydrogen-bond acceptors (Lipinski definition) is 3. The molecule has 1 aliphatic rings. The summed E-state index contributed by atoms with van der Waals surface area (Å²) in [6.07, 6.45) is 0. The van der Waals surface area contributed by atoms with Crippen molar-refractivity contribution < 1.29 is 14.4 Å². The molecule has 0 radical (unpaired) electrons. The predicted molar refractivity (Wildman–Crippen MR) is 121 cm³/mol. The van der Waals surface area contributed by atoms with Crippen LogP contribution in [0.4, 0.5) is 10.5 Å². The summed E-state index contributed by atoms with van der Waals surface area (Å²) in [6.45, 7) is 1.54. The highest BCUT2D eigenvalue weighted by Crippen LogP contribution is 2.36. The van der Waals surface area contributed by atoms with Crippen molar-refractivity contribution in [2.45, 2.75) is 18.5 Å². The van der Waals surface area contributed by atoms with Crippen molar-refractivity contribution in [2.24, 2.45) is 0 Å². The number of nitrogens with zero attached hydrogens (tertiary/aromatic N) is 1. The Bertz CT molecular complexity index is 1080. The lowest BCUT2D eigenvalue weighted by atomic mass is 9.82. The van der Waals surface area contributed by atoms with Gasteiger partial charge in [0.15, 0.2) is 5.54 Å². The fourth-order valence-electron chi connectivity index (χ4n) is 3.73. The number of urea groups is 1. The van der Waals surface area contributed by atoms with Crippen molar-refractivity contribution in [1.82, 2.24) is 10.2 Å². The molecule has 0 spiro atoms. The van der Waals surface area contributed by atoms with Crippen molar-refractivity contribution in [3.8, 4) is 0 Å². The molecule has 1 fully saturated rings. The molecule has 3 aromatic rings. The van der Waals surface area contributed by atoms with Gasteiger partial charge in [0, 0.05) is 10.2 Å². The third kappa shape index (κ3) is 3.72. The largest absolute Gasteiger partial charge is 0.326 e. The van der Waals surface area contributed by atoms with Gasteiger partial charge in [0.2, 0.25) is 5.91 Å². The lowest BCUT2D eigenvalue weighted by molar-refractivity contribution is -0.135. The Labute approximate surface area is 188 Å². The number of nitrogens with one attached hydrogen (secondary N) is 2. The number of carbonyl (C=O) groups is 3. The molecule has 2 N–H and O–H groups in total. The molecule has 6 nitrogen and oxygen atoms in total. The number of benzene rings is 3. The van der Waals surface area contributed by atoms with Crippen LogP contribution in [0.25, 0.3) is 0 Å².